The quantitative estimate of drug-likeness (QED) is 0.738. The lowest BCUT2D eigenvalue weighted by Crippen LogP contribution is -2.57. The molecule has 6 nitrogen and oxygen atoms in total. The Morgan fingerprint density at radius 2 is 1.79 bits per heavy atom. The number of carboxylic acid groups (broad SMARTS) is 1. The summed E-state index contributed by atoms with van der Waals surface area (Å²) in [6.07, 6.45) is 3.68. The average molecular weight is 335 g/mol. The second kappa shape index (κ2) is 8.68. The van der Waals surface area contributed by atoms with Gasteiger partial charge in [-0.25, -0.2) is 4.79 Å². The number of carbonyl (C=O) groups is 2. The maximum absolute atomic E-state index is 12.3. The van der Waals surface area contributed by atoms with Gasteiger partial charge in [-0.15, -0.1) is 0 Å². The summed E-state index contributed by atoms with van der Waals surface area (Å²) in [4.78, 5) is 25.3. The summed E-state index contributed by atoms with van der Waals surface area (Å²) in [5.41, 5.74) is -1.08. The van der Waals surface area contributed by atoms with Gasteiger partial charge in [0.2, 0.25) is 5.91 Å². The summed E-state index contributed by atoms with van der Waals surface area (Å²) in [5, 5.41) is 9.59. The molecule has 1 aliphatic carbocycles. The fourth-order valence-electron chi connectivity index (χ4n) is 3.06. The summed E-state index contributed by atoms with van der Waals surface area (Å²) in [5.74, 6) is -0.485. The zero-order valence-corrected chi connectivity index (χ0v) is 14.1. The molecule has 6 heteroatoms. The van der Waals surface area contributed by atoms with Crippen molar-refractivity contribution in [3.8, 4) is 5.75 Å². The predicted molar refractivity (Wildman–Crippen MR) is 89.0 cm³/mol. The van der Waals surface area contributed by atoms with Crippen molar-refractivity contribution in [1.29, 1.82) is 0 Å². The fraction of sp³-hybridized carbons (Fsp3) is 0.556. The first-order valence-corrected chi connectivity index (χ1v) is 8.32. The van der Waals surface area contributed by atoms with E-state index in [0.29, 0.717) is 19.4 Å². The van der Waals surface area contributed by atoms with Gasteiger partial charge in [-0.2, -0.15) is 0 Å². The molecule has 0 spiro atoms. The van der Waals surface area contributed by atoms with Crippen molar-refractivity contribution >= 4 is 11.9 Å². The topological polar surface area (TPSA) is 76.1 Å². The maximum Gasteiger partial charge on any atom is 0.329 e. The third-order valence-corrected chi connectivity index (χ3v) is 4.56. The molecule has 1 saturated carbocycles. The third-order valence-electron chi connectivity index (χ3n) is 4.56. The second-order valence-electron chi connectivity index (χ2n) is 6.06. The van der Waals surface area contributed by atoms with E-state index in [-0.39, 0.29) is 19.1 Å². The minimum Gasteiger partial charge on any atom is -0.491 e. The molecule has 0 bridgehead atoms. The highest BCUT2D eigenvalue weighted by molar-refractivity contribution is 5.87. The molecule has 1 amide bonds. The monoisotopic (exact) mass is 335 g/mol. The van der Waals surface area contributed by atoms with Crippen molar-refractivity contribution in [2.75, 3.05) is 26.9 Å². The minimum atomic E-state index is -1.08. The van der Waals surface area contributed by atoms with Gasteiger partial charge >= 0.3 is 5.97 Å². The Morgan fingerprint density at radius 1 is 1.12 bits per heavy atom. The number of amides is 1. The summed E-state index contributed by atoms with van der Waals surface area (Å²) in [6, 6.07) is 9.35. The molecule has 0 radical (unpaired) electrons. The van der Waals surface area contributed by atoms with Crippen LogP contribution in [-0.2, 0) is 14.3 Å². The van der Waals surface area contributed by atoms with Crippen LogP contribution in [0.1, 0.15) is 32.1 Å². The summed E-state index contributed by atoms with van der Waals surface area (Å²) in [7, 11) is 1.56. The largest absolute Gasteiger partial charge is 0.491 e. The normalized spacial score (nSPS) is 16.4. The SMILES string of the molecule is CN(C(=O)COCCOc1ccccc1)C1(C(=O)O)CCCCC1. The number of nitrogens with zero attached hydrogens (tertiary/aromatic N) is 1. The number of benzene rings is 1. The molecule has 1 N–H and O–H groups in total. The second-order valence-corrected chi connectivity index (χ2v) is 6.06. The van der Waals surface area contributed by atoms with Gasteiger partial charge in [0.05, 0.1) is 6.61 Å². The molecule has 0 unspecified atom stereocenters. The van der Waals surface area contributed by atoms with E-state index in [1.165, 1.54) is 4.90 Å². The highest BCUT2D eigenvalue weighted by Crippen LogP contribution is 2.33. The Hall–Kier alpha value is -2.08. The zero-order chi connectivity index (χ0) is 17.4. The molecule has 1 aliphatic rings. The molecule has 2 rings (SSSR count). The van der Waals surface area contributed by atoms with E-state index in [4.69, 9.17) is 9.47 Å². The Morgan fingerprint density at radius 3 is 2.42 bits per heavy atom. The van der Waals surface area contributed by atoms with Gasteiger partial charge in [-0.3, -0.25) is 4.79 Å². The van der Waals surface area contributed by atoms with Crippen molar-refractivity contribution in [3.05, 3.63) is 30.3 Å². The van der Waals surface area contributed by atoms with Crippen LogP contribution in [0.25, 0.3) is 0 Å². The summed E-state index contributed by atoms with van der Waals surface area (Å²) < 4.78 is 10.8. The highest BCUT2D eigenvalue weighted by atomic mass is 16.5. The van der Waals surface area contributed by atoms with Crippen LogP contribution in [0.15, 0.2) is 30.3 Å². The third kappa shape index (κ3) is 4.47. The van der Waals surface area contributed by atoms with Crippen molar-refractivity contribution in [2.24, 2.45) is 0 Å². The summed E-state index contributed by atoms with van der Waals surface area (Å²) in [6.45, 7) is 0.476. The molecule has 1 aromatic carbocycles. The van der Waals surface area contributed by atoms with Gasteiger partial charge in [0.1, 0.15) is 24.5 Å². The Kier molecular flexibility index (Phi) is 6.61. The Balaban J connectivity index is 1.75. The molecule has 0 heterocycles. The number of carbonyl (C=O) groups excluding carboxylic acids is 1. The molecule has 132 valence electrons. The van der Waals surface area contributed by atoms with Crippen molar-refractivity contribution < 1.29 is 24.2 Å². The molecule has 0 aromatic heterocycles. The first-order chi connectivity index (χ1) is 11.6. The smallest absolute Gasteiger partial charge is 0.329 e. The number of aliphatic carboxylic acids is 1. The van der Waals surface area contributed by atoms with Crippen LogP contribution in [-0.4, -0.2) is 54.3 Å². The van der Waals surface area contributed by atoms with Gasteiger partial charge in [0, 0.05) is 7.05 Å². The van der Waals surface area contributed by atoms with E-state index in [0.717, 1.165) is 25.0 Å². The number of hydrogen-bond donors (Lipinski definition) is 1. The van der Waals surface area contributed by atoms with Crippen LogP contribution in [0.4, 0.5) is 0 Å². The lowest BCUT2D eigenvalue weighted by molar-refractivity contribution is -0.162. The fourth-order valence-corrected chi connectivity index (χ4v) is 3.06. The zero-order valence-electron chi connectivity index (χ0n) is 14.1. The molecule has 0 atom stereocenters. The van der Waals surface area contributed by atoms with E-state index in [1.807, 2.05) is 30.3 Å². The van der Waals surface area contributed by atoms with Crippen molar-refractivity contribution in [3.63, 3.8) is 0 Å². The number of ether oxygens (including phenoxy) is 2. The number of likely N-dealkylation sites (N-methyl/N-ethyl adjacent to an activating group) is 1. The lowest BCUT2D eigenvalue weighted by atomic mass is 9.80. The maximum atomic E-state index is 12.3. The molecular weight excluding hydrogens is 310 g/mol. The Labute approximate surface area is 142 Å². The highest BCUT2D eigenvalue weighted by Gasteiger charge is 2.45. The van der Waals surface area contributed by atoms with E-state index >= 15 is 0 Å². The van der Waals surface area contributed by atoms with Crippen LogP contribution in [0, 0.1) is 0 Å². The summed E-state index contributed by atoms with van der Waals surface area (Å²) >= 11 is 0. The average Bonchev–Trinajstić information content (AvgIpc) is 2.62. The van der Waals surface area contributed by atoms with E-state index < -0.39 is 11.5 Å². The van der Waals surface area contributed by atoms with Gasteiger partial charge in [-0.05, 0) is 25.0 Å². The minimum absolute atomic E-state index is 0.135. The predicted octanol–water partition coefficient (Wildman–Crippen LogP) is 2.33. The molecule has 1 fully saturated rings. The van der Waals surface area contributed by atoms with Crippen LogP contribution in [0.2, 0.25) is 0 Å². The van der Waals surface area contributed by atoms with Crippen LogP contribution < -0.4 is 4.74 Å². The molecule has 1 aromatic rings. The van der Waals surface area contributed by atoms with Crippen LogP contribution in [0.5, 0.6) is 5.75 Å². The van der Waals surface area contributed by atoms with E-state index in [2.05, 4.69) is 0 Å². The van der Waals surface area contributed by atoms with Crippen LogP contribution >= 0.6 is 0 Å². The van der Waals surface area contributed by atoms with Crippen LogP contribution in [0.3, 0.4) is 0 Å². The number of hydrogen-bond acceptors (Lipinski definition) is 4. The Bertz CT molecular complexity index is 540. The van der Waals surface area contributed by atoms with Crippen molar-refractivity contribution in [2.45, 2.75) is 37.6 Å². The van der Waals surface area contributed by atoms with E-state index in [9.17, 15) is 14.7 Å². The first kappa shape index (κ1) is 18.3. The van der Waals surface area contributed by atoms with Crippen molar-refractivity contribution in [1.82, 2.24) is 4.90 Å². The van der Waals surface area contributed by atoms with E-state index in [1.54, 1.807) is 7.05 Å². The number of para-hydroxylation sites is 1. The standard InChI is InChI=1S/C18H25NO5/c1-19(18(17(21)22)10-6-3-7-11-18)16(20)14-23-12-13-24-15-8-4-2-5-9-15/h2,4-5,8-9H,3,6-7,10-14H2,1H3,(H,21,22). The van der Waals surface area contributed by atoms with Gasteiger partial charge in [0.15, 0.2) is 0 Å². The van der Waals surface area contributed by atoms with Gasteiger partial charge in [-0.1, -0.05) is 37.5 Å². The first-order valence-electron chi connectivity index (χ1n) is 8.32. The molecule has 0 aliphatic heterocycles. The molecule has 24 heavy (non-hydrogen) atoms. The number of carboxylic acids is 1. The molecular formula is C18H25NO5. The number of rotatable bonds is 8. The lowest BCUT2D eigenvalue weighted by Gasteiger charge is -2.40. The van der Waals surface area contributed by atoms with Gasteiger partial charge < -0.3 is 19.5 Å². The molecule has 0 saturated heterocycles. The van der Waals surface area contributed by atoms with Gasteiger partial charge in [0.25, 0.3) is 0 Å².